The smallest absolute Gasteiger partial charge is 0.0662 e. The molecule has 0 aromatic rings. The highest BCUT2D eigenvalue weighted by Crippen LogP contribution is 1.65. The fourth-order valence-electron chi connectivity index (χ4n) is 0. The van der Waals surface area contributed by atoms with E-state index in [1.165, 1.54) is 0 Å². The molecule has 0 radical (unpaired) electrons. The van der Waals surface area contributed by atoms with Gasteiger partial charge in [0.1, 0.15) is 0 Å². The van der Waals surface area contributed by atoms with Gasteiger partial charge in [-0.1, -0.05) is 0 Å². The van der Waals surface area contributed by atoms with Crippen molar-refractivity contribution in [3.05, 3.63) is 0 Å². The summed E-state index contributed by atoms with van der Waals surface area (Å²) in [5.74, 6) is 0. The summed E-state index contributed by atoms with van der Waals surface area (Å²) < 4.78 is 0. The first-order valence-electron chi connectivity index (χ1n) is 1.33. The highest BCUT2D eigenvalue weighted by molar-refractivity contribution is 8.59. The average molecular weight is 128 g/mol. The second-order valence-corrected chi connectivity index (χ2v) is 0.447. The summed E-state index contributed by atoms with van der Waals surface area (Å²) in [5, 5.41) is 15.2. The van der Waals surface area contributed by atoms with Gasteiger partial charge in [-0.15, -0.1) is 23.3 Å². The summed E-state index contributed by atoms with van der Waals surface area (Å²) in [6.45, 7) is -0.250. The standard InChI is InChI=1S/C2H6O2.H2S2/c3-1-2-4;1-2/h3-4H,1-2H2;1-2H. The van der Waals surface area contributed by atoms with Crippen LogP contribution in [0.5, 0.6) is 0 Å². The number of hydrogen-bond donors (Lipinski definition) is 4. The Kier molecular flexibility index (Phi) is 28.5. The van der Waals surface area contributed by atoms with Crippen molar-refractivity contribution >= 4 is 23.3 Å². The fourth-order valence-corrected chi connectivity index (χ4v) is 0. The number of aliphatic hydroxyl groups is 2. The molecule has 0 aromatic heterocycles. The van der Waals surface area contributed by atoms with Crippen LogP contribution < -0.4 is 0 Å². The predicted octanol–water partition coefficient (Wildman–Crippen LogP) is -0.268. The highest BCUT2D eigenvalue weighted by atomic mass is 33.1. The van der Waals surface area contributed by atoms with Crippen LogP contribution in [0.4, 0.5) is 0 Å². The zero-order valence-corrected chi connectivity index (χ0v) is 4.99. The van der Waals surface area contributed by atoms with Crippen molar-refractivity contribution in [3.63, 3.8) is 0 Å². The molecule has 0 saturated heterocycles. The van der Waals surface area contributed by atoms with Gasteiger partial charge in [-0.2, -0.15) is 0 Å². The van der Waals surface area contributed by atoms with Crippen molar-refractivity contribution in [2.45, 2.75) is 0 Å². The first-order chi connectivity index (χ1) is 2.91. The quantitative estimate of drug-likeness (QED) is 0.290. The van der Waals surface area contributed by atoms with Crippen molar-refractivity contribution in [2.75, 3.05) is 13.2 Å². The van der Waals surface area contributed by atoms with Crippen molar-refractivity contribution in [2.24, 2.45) is 0 Å². The van der Waals surface area contributed by atoms with Gasteiger partial charge in [-0.05, 0) is 0 Å². The van der Waals surface area contributed by atoms with E-state index in [-0.39, 0.29) is 13.2 Å². The topological polar surface area (TPSA) is 40.5 Å². The molecular formula is C2H8O2S2. The fraction of sp³-hybridized carbons (Fsp3) is 1.00. The molecule has 2 nitrogen and oxygen atoms in total. The van der Waals surface area contributed by atoms with E-state index in [1.54, 1.807) is 0 Å². The van der Waals surface area contributed by atoms with Gasteiger partial charge in [0.2, 0.25) is 0 Å². The molecule has 0 aliphatic rings. The Morgan fingerprint density at radius 2 is 1.17 bits per heavy atom. The summed E-state index contributed by atoms with van der Waals surface area (Å²) >= 11 is 6.44. The lowest BCUT2D eigenvalue weighted by atomic mass is 10.8. The van der Waals surface area contributed by atoms with Crippen molar-refractivity contribution < 1.29 is 10.2 Å². The number of aliphatic hydroxyl groups excluding tert-OH is 2. The molecular weight excluding hydrogens is 120 g/mol. The molecule has 0 bridgehead atoms. The van der Waals surface area contributed by atoms with E-state index in [0.717, 1.165) is 0 Å². The zero-order valence-electron chi connectivity index (χ0n) is 3.20. The van der Waals surface area contributed by atoms with Crippen molar-refractivity contribution in [1.29, 1.82) is 0 Å². The summed E-state index contributed by atoms with van der Waals surface area (Å²) in [4.78, 5) is 0. The highest BCUT2D eigenvalue weighted by Gasteiger charge is 1.58. The molecule has 0 spiro atoms. The lowest BCUT2D eigenvalue weighted by molar-refractivity contribution is 0.186. The average Bonchev–Trinajstić information content (AvgIpc) is 1.72. The molecule has 4 heteroatoms. The van der Waals surface area contributed by atoms with Crippen LogP contribution in [0.25, 0.3) is 0 Å². The maximum absolute atomic E-state index is 7.62. The van der Waals surface area contributed by atoms with E-state index in [1.807, 2.05) is 0 Å². The predicted molar refractivity (Wildman–Crippen MR) is 32.1 cm³/mol. The van der Waals surface area contributed by atoms with E-state index in [4.69, 9.17) is 10.2 Å². The van der Waals surface area contributed by atoms with Gasteiger partial charge in [0.25, 0.3) is 0 Å². The summed E-state index contributed by atoms with van der Waals surface area (Å²) in [6, 6.07) is 0. The minimum Gasteiger partial charge on any atom is -0.394 e. The molecule has 0 aliphatic heterocycles. The van der Waals surface area contributed by atoms with Crippen molar-refractivity contribution in [3.8, 4) is 0 Å². The molecule has 0 saturated carbocycles. The van der Waals surface area contributed by atoms with Crippen LogP contribution in [-0.2, 0) is 0 Å². The van der Waals surface area contributed by atoms with Gasteiger partial charge >= 0.3 is 0 Å². The monoisotopic (exact) mass is 128 g/mol. The van der Waals surface area contributed by atoms with Gasteiger partial charge in [0.05, 0.1) is 13.2 Å². The Balaban J connectivity index is 0. The van der Waals surface area contributed by atoms with E-state index >= 15 is 0 Å². The molecule has 0 amide bonds. The maximum atomic E-state index is 7.62. The number of thiol groups is 2. The van der Waals surface area contributed by atoms with E-state index < -0.39 is 0 Å². The van der Waals surface area contributed by atoms with Crippen LogP contribution in [-0.4, -0.2) is 23.4 Å². The molecule has 40 valence electrons. The molecule has 0 unspecified atom stereocenters. The summed E-state index contributed by atoms with van der Waals surface area (Å²) in [6.07, 6.45) is 0. The first kappa shape index (κ1) is 9.80. The van der Waals surface area contributed by atoms with Gasteiger partial charge in [0.15, 0.2) is 0 Å². The van der Waals surface area contributed by atoms with Gasteiger partial charge in [0, 0.05) is 0 Å². The Bertz CT molecular complexity index is 11.5. The van der Waals surface area contributed by atoms with E-state index in [2.05, 4.69) is 23.3 Å². The molecule has 0 aromatic carbocycles. The van der Waals surface area contributed by atoms with Crippen LogP contribution in [0.1, 0.15) is 0 Å². The molecule has 0 fully saturated rings. The number of rotatable bonds is 1. The summed E-state index contributed by atoms with van der Waals surface area (Å²) in [5.41, 5.74) is 0. The van der Waals surface area contributed by atoms with Gasteiger partial charge in [-0.25, -0.2) is 0 Å². The molecule has 6 heavy (non-hydrogen) atoms. The summed E-state index contributed by atoms with van der Waals surface area (Å²) in [7, 11) is 0. The van der Waals surface area contributed by atoms with Crippen LogP contribution in [0, 0.1) is 0 Å². The molecule has 0 rings (SSSR count). The lowest BCUT2D eigenvalue weighted by Crippen LogP contribution is -1.85. The molecule has 0 heterocycles. The van der Waals surface area contributed by atoms with Crippen LogP contribution >= 0.6 is 23.3 Å². The largest absolute Gasteiger partial charge is 0.394 e. The lowest BCUT2D eigenvalue weighted by Gasteiger charge is -1.70. The van der Waals surface area contributed by atoms with Crippen LogP contribution in [0.3, 0.4) is 0 Å². The third-order valence-electron chi connectivity index (χ3n) is 0.1000. The SMILES string of the molecule is OCCO.SS. The second-order valence-electron chi connectivity index (χ2n) is 0.447. The maximum Gasteiger partial charge on any atom is 0.0662 e. The molecule has 2 N–H and O–H groups in total. The molecule has 0 aliphatic carbocycles. The minimum atomic E-state index is -0.125. The van der Waals surface area contributed by atoms with Crippen molar-refractivity contribution in [1.82, 2.24) is 0 Å². The van der Waals surface area contributed by atoms with E-state index in [0.29, 0.717) is 0 Å². The van der Waals surface area contributed by atoms with Crippen LogP contribution in [0.15, 0.2) is 0 Å². The second kappa shape index (κ2) is 17.5. The zero-order chi connectivity index (χ0) is 5.41. The normalized spacial score (nSPS) is 6.00. The Morgan fingerprint density at radius 1 is 1.00 bits per heavy atom. The first-order valence-corrected chi connectivity index (χ1v) is 2.93. The van der Waals surface area contributed by atoms with Gasteiger partial charge in [-0.3, -0.25) is 0 Å². The Labute approximate surface area is 47.4 Å². The van der Waals surface area contributed by atoms with Gasteiger partial charge < -0.3 is 10.2 Å². The Morgan fingerprint density at radius 3 is 1.17 bits per heavy atom. The van der Waals surface area contributed by atoms with Crippen LogP contribution in [0.2, 0.25) is 0 Å². The number of hydrogen-bond acceptors (Lipinski definition) is 4. The van der Waals surface area contributed by atoms with E-state index in [9.17, 15) is 0 Å². The third kappa shape index (κ3) is 23.1. The molecule has 0 atom stereocenters. The third-order valence-corrected chi connectivity index (χ3v) is 0.1000. The minimum absolute atomic E-state index is 0.125. The Hall–Kier alpha value is 0.620.